The zero-order valence-corrected chi connectivity index (χ0v) is 15.3. The summed E-state index contributed by atoms with van der Waals surface area (Å²) in [5, 5.41) is 14.7. The number of ether oxygens (including phenoxy) is 2. The molecule has 0 amide bonds. The first-order chi connectivity index (χ1) is 13.4. The summed E-state index contributed by atoms with van der Waals surface area (Å²) in [6.07, 6.45) is 1.25. The third-order valence-electron chi connectivity index (χ3n) is 4.59. The number of hydrogen-bond donors (Lipinski definition) is 1. The van der Waals surface area contributed by atoms with E-state index in [1.54, 1.807) is 6.07 Å². The van der Waals surface area contributed by atoms with Gasteiger partial charge in [0.2, 0.25) is 0 Å². The second kappa shape index (κ2) is 6.41. The number of carboxylic acid groups (broad SMARTS) is 1. The summed E-state index contributed by atoms with van der Waals surface area (Å²) in [5.41, 5.74) is 0.935. The van der Waals surface area contributed by atoms with Crippen molar-refractivity contribution in [2.24, 2.45) is 0 Å². The molecule has 0 aliphatic heterocycles. The Bertz CT molecular complexity index is 1300. The quantitative estimate of drug-likeness (QED) is 0.580. The number of aromatic carboxylic acids is 1. The molecule has 0 fully saturated rings. The Kier molecular flexibility index (Phi) is 4.03. The van der Waals surface area contributed by atoms with Crippen LogP contribution < -0.4 is 15.0 Å². The maximum atomic E-state index is 13.2. The number of benzene rings is 2. The van der Waals surface area contributed by atoms with Gasteiger partial charge in [0.05, 0.1) is 30.6 Å². The Hall–Kier alpha value is -3.81. The molecule has 8 heteroatoms. The van der Waals surface area contributed by atoms with Crippen LogP contribution in [0.5, 0.6) is 11.5 Å². The average Bonchev–Trinajstić information content (AvgIpc) is 3.10. The number of hydrogen-bond acceptors (Lipinski definition) is 6. The van der Waals surface area contributed by atoms with E-state index >= 15 is 0 Å². The molecule has 4 aromatic rings. The molecule has 0 atom stereocenters. The number of aromatic nitrogens is 2. The van der Waals surface area contributed by atoms with Gasteiger partial charge in [-0.15, -0.1) is 0 Å². The van der Waals surface area contributed by atoms with Gasteiger partial charge in [-0.3, -0.25) is 9.36 Å². The standard InChI is InChI=1S/C20H16N2O6/c1-10-4-5-15-13(6-10)18(21-28-15)22-9-14(20(24)25)11-7-16(26-2)17(27-3)8-12(11)19(22)23/h4-9H,1-3H3,(H,24,25). The highest BCUT2D eigenvalue weighted by Crippen LogP contribution is 2.33. The lowest BCUT2D eigenvalue weighted by Gasteiger charge is -2.12. The molecule has 2 aromatic heterocycles. The summed E-state index contributed by atoms with van der Waals surface area (Å²) in [6.45, 7) is 1.90. The van der Waals surface area contributed by atoms with Crippen molar-refractivity contribution in [3.8, 4) is 17.3 Å². The van der Waals surface area contributed by atoms with Crippen molar-refractivity contribution in [3.63, 3.8) is 0 Å². The van der Waals surface area contributed by atoms with Crippen molar-refractivity contribution in [2.45, 2.75) is 6.92 Å². The van der Waals surface area contributed by atoms with Gasteiger partial charge in [-0.1, -0.05) is 16.8 Å². The molecule has 8 nitrogen and oxygen atoms in total. The molecule has 142 valence electrons. The van der Waals surface area contributed by atoms with E-state index in [4.69, 9.17) is 14.0 Å². The summed E-state index contributed by atoms with van der Waals surface area (Å²) in [6, 6.07) is 8.38. The summed E-state index contributed by atoms with van der Waals surface area (Å²) in [5.74, 6) is -0.308. The van der Waals surface area contributed by atoms with Crippen molar-refractivity contribution in [3.05, 3.63) is 58.0 Å². The fourth-order valence-electron chi connectivity index (χ4n) is 3.21. The Labute approximate surface area is 158 Å². The Morgan fingerprint density at radius 2 is 1.75 bits per heavy atom. The van der Waals surface area contributed by atoms with Gasteiger partial charge in [-0.25, -0.2) is 4.79 Å². The highest BCUT2D eigenvalue weighted by atomic mass is 16.5. The minimum Gasteiger partial charge on any atom is -0.493 e. The fraction of sp³-hybridized carbons (Fsp3) is 0.150. The Balaban J connectivity index is 2.12. The van der Waals surface area contributed by atoms with E-state index in [2.05, 4.69) is 5.16 Å². The number of carboxylic acids is 1. The summed E-state index contributed by atoms with van der Waals surface area (Å²) in [4.78, 5) is 25.1. The molecule has 0 saturated heterocycles. The predicted molar refractivity (Wildman–Crippen MR) is 102 cm³/mol. The van der Waals surface area contributed by atoms with E-state index in [0.717, 1.165) is 5.56 Å². The molecule has 0 radical (unpaired) electrons. The molecule has 2 heterocycles. The van der Waals surface area contributed by atoms with Gasteiger partial charge < -0.3 is 19.1 Å². The molecule has 0 aliphatic rings. The zero-order valence-electron chi connectivity index (χ0n) is 15.3. The van der Waals surface area contributed by atoms with Crippen LogP contribution in [-0.4, -0.2) is 35.0 Å². The minimum absolute atomic E-state index is 0.0700. The van der Waals surface area contributed by atoms with E-state index in [0.29, 0.717) is 22.5 Å². The van der Waals surface area contributed by atoms with Crippen LogP contribution in [0, 0.1) is 6.92 Å². The van der Waals surface area contributed by atoms with E-state index in [9.17, 15) is 14.7 Å². The lowest BCUT2D eigenvalue weighted by atomic mass is 10.1. The van der Waals surface area contributed by atoms with E-state index in [-0.39, 0.29) is 22.2 Å². The molecule has 2 aromatic carbocycles. The van der Waals surface area contributed by atoms with Crippen LogP contribution in [0.3, 0.4) is 0 Å². The number of fused-ring (bicyclic) bond motifs is 2. The molecule has 1 N–H and O–H groups in total. The second-order valence-electron chi connectivity index (χ2n) is 6.28. The maximum absolute atomic E-state index is 13.2. The summed E-state index contributed by atoms with van der Waals surface area (Å²) in [7, 11) is 2.88. The van der Waals surface area contributed by atoms with E-state index < -0.39 is 11.5 Å². The predicted octanol–water partition coefficient (Wildman–Crippen LogP) is 3.16. The topological polar surface area (TPSA) is 104 Å². The number of methoxy groups -OCH3 is 2. The van der Waals surface area contributed by atoms with Crippen molar-refractivity contribution in [1.29, 1.82) is 0 Å². The average molecular weight is 380 g/mol. The maximum Gasteiger partial charge on any atom is 0.337 e. The highest BCUT2D eigenvalue weighted by molar-refractivity contribution is 6.04. The van der Waals surface area contributed by atoms with Gasteiger partial charge in [0.25, 0.3) is 5.56 Å². The van der Waals surface area contributed by atoms with Crippen LogP contribution in [0.1, 0.15) is 15.9 Å². The molecule has 0 spiro atoms. The van der Waals surface area contributed by atoms with Crippen LogP contribution in [0.15, 0.2) is 45.8 Å². The number of aryl methyl sites for hydroxylation is 1. The first-order valence-electron chi connectivity index (χ1n) is 8.35. The highest BCUT2D eigenvalue weighted by Gasteiger charge is 2.20. The number of rotatable bonds is 4. The van der Waals surface area contributed by atoms with Crippen molar-refractivity contribution >= 4 is 27.7 Å². The zero-order chi connectivity index (χ0) is 20.0. The molecule has 4 rings (SSSR count). The summed E-state index contributed by atoms with van der Waals surface area (Å²) < 4.78 is 17.0. The molecular formula is C20H16N2O6. The van der Waals surface area contributed by atoms with Gasteiger partial charge in [0, 0.05) is 11.6 Å². The molecule has 0 bridgehead atoms. The van der Waals surface area contributed by atoms with Crippen LogP contribution in [-0.2, 0) is 0 Å². The van der Waals surface area contributed by atoms with Crippen LogP contribution in [0.25, 0.3) is 27.6 Å². The fourth-order valence-corrected chi connectivity index (χ4v) is 3.21. The van der Waals surface area contributed by atoms with Gasteiger partial charge in [0.1, 0.15) is 0 Å². The third kappa shape index (κ3) is 2.58. The largest absolute Gasteiger partial charge is 0.493 e. The molecule has 0 aliphatic carbocycles. The second-order valence-corrected chi connectivity index (χ2v) is 6.28. The van der Waals surface area contributed by atoms with Crippen LogP contribution >= 0.6 is 0 Å². The number of nitrogens with zero attached hydrogens (tertiary/aromatic N) is 2. The SMILES string of the molecule is COc1cc2c(C(=O)O)cn(-c3noc4ccc(C)cc34)c(=O)c2cc1OC. The first-order valence-corrected chi connectivity index (χ1v) is 8.35. The molecule has 28 heavy (non-hydrogen) atoms. The number of carbonyl (C=O) groups is 1. The smallest absolute Gasteiger partial charge is 0.337 e. The normalized spacial score (nSPS) is 11.1. The third-order valence-corrected chi connectivity index (χ3v) is 4.59. The van der Waals surface area contributed by atoms with Gasteiger partial charge >= 0.3 is 5.97 Å². The van der Waals surface area contributed by atoms with Crippen molar-refractivity contribution < 1.29 is 23.9 Å². The first kappa shape index (κ1) is 17.6. The Morgan fingerprint density at radius 1 is 1.07 bits per heavy atom. The monoisotopic (exact) mass is 380 g/mol. The van der Waals surface area contributed by atoms with Crippen molar-refractivity contribution in [1.82, 2.24) is 9.72 Å². The summed E-state index contributed by atoms with van der Waals surface area (Å²) >= 11 is 0. The molecule has 0 unspecified atom stereocenters. The van der Waals surface area contributed by atoms with Gasteiger partial charge in [-0.2, -0.15) is 0 Å². The lowest BCUT2D eigenvalue weighted by Crippen LogP contribution is -2.21. The van der Waals surface area contributed by atoms with Crippen LogP contribution in [0.4, 0.5) is 0 Å². The molecule has 0 saturated carbocycles. The van der Waals surface area contributed by atoms with Gasteiger partial charge in [0.15, 0.2) is 22.9 Å². The van der Waals surface area contributed by atoms with E-state index in [1.807, 2.05) is 19.1 Å². The Morgan fingerprint density at radius 3 is 2.39 bits per heavy atom. The molecular weight excluding hydrogens is 364 g/mol. The van der Waals surface area contributed by atoms with Gasteiger partial charge in [-0.05, 0) is 31.2 Å². The lowest BCUT2D eigenvalue weighted by molar-refractivity contribution is 0.0698. The van der Waals surface area contributed by atoms with Crippen LogP contribution in [0.2, 0.25) is 0 Å². The minimum atomic E-state index is -1.19. The number of pyridine rings is 1. The van der Waals surface area contributed by atoms with E-state index in [1.165, 1.54) is 37.1 Å². The van der Waals surface area contributed by atoms with Crippen molar-refractivity contribution in [2.75, 3.05) is 14.2 Å².